The lowest BCUT2D eigenvalue weighted by Crippen LogP contribution is -2.13. The van der Waals surface area contributed by atoms with Gasteiger partial charge in [-0.05, 0) is 70.0 Å². The zero-order valence-electron chi connectivity index (χ0n) is 15.5. The molecule has 150 valence electrons. The van der Waals surface area contributed by atoms with Crippen LogP contribution in [0.3, 0.4) is 0 Å². The molecule has 3 aromatic rings. The summed E-state index contributed by atoms with van der Waals surface area (Å²) < 4.78 is 20.9. The second-order valence-corrected chi connectivity index (χ2v) is 7.97. The highest BCUT2D eigenvalue weighted by molar-refractivity contribution is 9.10. The number of carbonyl (C=O) groups is 1. The fourth-order valence-electron chi connectivity index (χ4n) is 2.54. The van der Waals surface area contributed by atoms with Crippen LogP contribution in [0.2, 0.25) is 0 Å². The van der Waals surface area contributed by atoms with Gasteiger partial charge in [-0.3, -0.25) is 4.79 Å². The van der Waals surface area contributed by atoms with Gasteiger partial charge in [0.1, 0.15) is 29.8 Å². The lowest BCUT2D eigenvalue weighted by atomic mass is 10.1. The molecule has 4 nitrogen and oxygen atoms in total. The third-order valence-electron chi connectivity index (χ3n) is 4.08. The van der Waals surface area contributed by atoms with Crippen molar-refractivity contribution in [1.82, 2.24) is 0 Å². The number of nitriles is 1. The first kappa shape index (κ1) is 21.8. The van der Waals surface area contributed by atoms with Crippen LogP contribution in [-0.2, 0) is 11.4 Å². The maximum atomic E-state index is 13.7. The molecule has 0 aliphatic heterocycles. The van der Waals surface area contributed by atoms with E-state index in [-0.39, 0.29) is 18.0 Å². The van der Waals surface area contributed by atoms with E-state index in [4.69, 9.17) is 4.74 Å². The van der Waals surface area contributed by atoms with Crippen molar-refractivity contribution < 1.29 is 13.9 Å². The first-order valence-electron chi connectivity index (χ1n) is 8.81. The highest BCUT2D eigenvalue weighted by Gasteiger charge is 2.11. The zero-order valence-corrected chi connectivity index (χ0v) is 18.7. The summed E-state index contributed by atoms with van der Waals surface area (Å²) in [5, 5.41) is 12.1. The Bertz CT molecular complexity index is 1140. The number of nitrogens with zero attached hydrogens (tertiary/aromatic N) is 1. The van der Waals surface area contributed by atoms with Gasteiger partial charge in [0.05, 0.1) is 4.47 Å². The van der Waals surface area contributed by atoms with Crippen LogP contribution in [-0.4, -0.2) is 5.91 Å². The average Bonchev–Trinajstić information content (AvgIpc) is 2.74. The molecule has 0 heterocycles. The van der Waals surface area contributed by atoms with E-state index in [2.05, 4.69) is 37.2 Å². The molecule has 0 aliphatic carbocycles. The summed E-state index contributed by atoms with van der Waals surface area (Å²) in [7, 11) is 0. The molecule has 0 radical (unpaired) electrons. The van der Waals surface area contributed by atoms with Gasteiger partial charge in [0, 0.05) is 15.7 Å². The molecule has 0 bridgehead atoms. The molecule has 0 fully saturated rings. The lowest BCUT2D eigenvalue weighted by Gasteiger charge is -2.10. The standard InChI is InChI=1S/C23H15Br2FN2O2/c24-18-6-8-19(9-7-18)28-23(29)17(13-27)11-15-5-10-22(20(25)12-15)30-14-16-3-1-2-4-21(16)26/h1-12H,14H2,(H,28,29)/b17-11-. The molecule has 7 heteroatoms. The highest BCUT2D eigenvalue weighted by atomic mass is 79.9. The quantitative estimate of drug-likeness (QED) is 0.294. The predicted molar refractivity (Wildman–Crippen MR) is 121 cm³/mol. The van der Waals surface area contributed by atoms with E-state index in [1.54, 1.807) is 60.7 Å². The predicted octanol–water partition coefficient (Wildman–Crippen LogP) is 6.48. The number of rotatable bonds is 6. The monoisotopic (exact) mass is 528 g/mol. The van der Waals surface area contributed by atoms with Crippen molar-refractivity contribution in [3.05, 3.63) is 98.2 Å². The van der Waals surface area contributed by atoms with Crippen molar-refractivity contribution >= 4 is 49.5 Å². The zero-order chi connectivity index (χ0) is 21.5. The largest absolute Gasteiger partial charge is 0.488 e. The van der Waals surface area contributed by atoms with Crippen LogP contribution in [0.5, 0.6) is 5.75 Å². The molecule has 30 heavy (non-hydrogen) atoms. The maximum Gasteiger partial charge on any atom is 0.266 e. The van der Waals surface area contributed by atoms with Gasteiger partial charge >= 0.3 is 0 Å². The molecular formula is C23H15Br2FN2O2. The summed E-state index contributed by atoms with van der Waals surface area (Å²) in [4.78, 5) is 12.4. The fourth-order valence-corrected chi connectivity index (χ4v) is 3.32. The molecule has 0 saturated carbocycles. The molecule has 3 rings (SSSR count). The van der Waals surface area contributed by atoms with Crippen LogP contribution in [0, 0.1) is 17.1 Å². The van der Waals surface area contributed by atoms with E-state index in [1.807, 2.05) is 6.07 Å². The summed E-state index contributed by atoms with van der Waals surface area (Å²) in [5.74, 6) is -0.312. The second kappa shape index (κ2) is 10.2. The van der Waals surface area contributed by atoms with E-state index in [1.165, 1.54) is 12.1 Å². The Morgan fingerprint density at radius 2 is 1.83 bits per heavy atom. The van der Waals surface area contributed by atoms with Gasteiger partial charge in [-0.25, -0.2) is 4.39 Å². The molecule has 0 aromatic heterocycles. The summed E-state index contributed by atoms with van der Waals surface area (Å²) in [6, 6.07) is 20.5. The van der Waals surface area contributed by atoms with Gasteiger partial charge in [-0.1, -0.05) is 40.2 Å². The van der Waals surface area contributed by atoms with Crippen molar-refractivity contribution in [2.24, 2.45) is 0 Å². The first-order chi connectivity index (χ1) is 14.5. The molecular weight excluding hydrogens is 515 g/mol. The summed E-state index contributed by atoms with van der Waals surface area (Å²) in [5.41, 5.74) is 1.64. The smallest absolute Gasteiger partial charge is 0.266 e. The highest BCUT2D eigenvalue weighted by Crippen LogP contribution is 2.28. The minimum Gasteiger partial charge on any atom is -0.488 e. The van der Waals surface area contributed by atoms with Crippen molar-refractivity contribution in [3.8, 4) is 11.8 Å². The van der Waals surface area contributed by atoms with Crippen LogP contribution in [0.15, 0.2) is 81.2 Å². The number of ether oxygens (including phenoxy) is 1. The molecule has 3 aromatic carbocycles. The van der Waals surface area contributed by atoms with Crippen LogP contribution >= 0.6 is 31.9 Å². The molecule has 1 amide bonds. The minimum atomic E-state index is -0.504. The van der Waals surface area contributed by atoms with Gasteiger partial charge < -0.3 is 10.1 Å². The minimum absolute atomic E-state index is 0.0372. The van der Waals surface area contributed by atoms with Crippen molar-refractivity contribution in [3.63, 3.8) is 0 Å². The first-order valence-corrected chi connectivity index (χ1v) is 10.4. The Morgan fingerprint density at radius 3 is 2.50 bits per heavy atom. The van der Waals surface area contributed by atoms with Crippen molar-refractivity contribution in [2.75, 3.05) is 5.32 Å². The van der Waals surface area contributed by atoms with Crippen LogP contribution < -0.4 is 10.1 Å². The Balaban J connectivity index is 1.71. The van der Waals surface area contributed by atoms with Crippen LogP contribution in [0.25, 0.3) is 6.08 Å². The molecule has 0 unspecified atom stereocenters. The number of halogens is 3. The molecule has 0 spiro atoms. The molecule has 0 saturated heterocycles. The van der Waals surface area contributed by atoms with Crippen molar-refractivity contribution in [1.29, 1.82) is 5.26 Å². The van der Waals surface area contributed by atoms with Gasteiger partial charge in [0.15, 0.2) is 0 Å². The Labute approximate surface area is 190 Å². The lowest BCUT2D eigenvalue weighted by molar-refractivity contribution is -0.112. The number of benzene rings is 3. The Hall–Kier alpha value is -2.95. The number of anilines is 1. The molecule has 0 atom stereocenters. The number of amides is 1. The Morgan fingerprint density at radius 1 is 1.10 bits per heavy atom. The van der Waals surface area contributed by atoms with Gasteiger partial charge in [-0.2, -0.15) is 5.26 Å². The SMILES string of the molecule is N#C/C(=C/c1ccc(OCc2ccccc2F)c(Br)c1)C(=O)Nc1ccc(Br)cc1. The summed E-state index contributed by atoms with van der Waals surface area (Å²) in [6.45, 7) is 0.0828. The van der Waals surface area contributed by atoms with Crippen LogP contribution in [0.1, 0.15) is 11.1 Å². The van der Waals surface area contributed by atoms with E-state index in [0.29, 0.717) is 27.0 Å². The number of hydrogen-bond donors (Lipinski definition) is 1. The topological polar surface area (TPSA) is 62.1 Å². The number of hydrogen-bond acceptors (Lipinski definition) is 3. The van der Waals surface area contributed by atoms with Gasteiger partial charge in [0.25, 0.3) is 5.91 Å². The van der Waals surface area contributed by atoms with Gasteiger partial charge in [-0.15, -0.1) is 0 Å². The number of nitrogens with one attached hydrogen (secondary N) is 1. The van der Waals surface area contributed by atoms with E-state index >= 15 is 0 Å². The molecule has 1 N–H and O–H groups in total. The summed E-state index contributed by atoms with van der Waals surface area (Å²) in [6.07, 6.45) is 1.49. The maximum absolute atomic E-state index is 13.7. The van der Waals surface area contributed by atoms with E-state index < -0.39 is 5.91 Å². The molecule has 0 aliphatic rings. The number of carbonyl (C=O) groups excluding carboxylic acids is 1. The van der Waals surface area contributed by atoms with Crippen molar-refractivity contribution in [2.45, 2.75) is 6.61 Å². The fraction of sp³-hybridized carbons (Fsp3) is 0.0435. The van der Waals surface area contributed by atoms with E-state index in [0.717, 1.165) is 4.47 Å². The normalized spacial score (nSPS) is 10.9. The Kier molecular flexibility index (Phi) is 7.39. The second-order valence-electron chi connectivity index (χ2n) is 6.20. The van der Waals surface area contributed by atoms with Crippen LogP contribution in [0.4, 0.5) is 10.1 Å². The third kappa shape index (κ3) is 5.78. The average molecular weight is 530 g/mol. The van der Waals surface area contributed by atoms with E-state index in [9.17, 15) is 14.4 Å². The third-order valence-corrected chi connectivity index (χ3v) is 5.22. The summed E-state index contributed by atoms with van der Waals surface area (Å²) >= 11 is 6.74. The van der Waals surface area contributed by atoms with Gasteiger partial charge in [0.2, 0.25) is 0 Å².